The summed E-state index contributed by atoms with van der Waals surface area (Å²) in [6.45, 7) is 4.57. The quantitative estimate of drug-likeness (QED) is 0.706. The molecule has 2 N–H and O–H groups in total. The Kier molecular flexibility index (Phi) is 4.51. The number of anilines is 1. The Labute approximate surface area is 87.3 Å². The number of hydrogen-bond acceptors (Lipinski definition) is 1. The lowest BCUT2D eigenvalue weighted by Gasteiger charge is -2.10. The summed E-state index contributed by atoms with van der Waals surface area (Å²) < 4.78 is 0. The van der Waals surface area contributed by atoms with Crippen LogP contribution in [0.4, 0.5) is 5.69 Å². The van der Waals surface area contributed by atoms with Crippen LogP contribution in [0.2, 0.25) is 0 Å². The van der Waals surface area contributed by atoms with Gasteiger partial charge in [-0.05, 0) is 30.0 Å². The molecule has 0 spiro atoms. The molecule has 0 aliphatic rings. The van der Waals surface area contributed by atoms with Crippen molar-refractivity contribution in [3.8, 4) is 0 Å². The van der Waals surface area contributed by atoms with E-state index in [1.165, 1.54) is 31.2 Å². The van der Waals surface area contributed by atoms with Crippen molar-refractivity contribution in [1.82, 2.24) is 0 Å². The molecular weight excluding hydrogens is 170 g/mol. The van der Waals surface area contributed by atoms with E-state index < -0.39 is 0 Å². The Morgan fingerprint density at radius 3 is 2.43 bits per heavy atom. The van der Waals surface area contributed by atoms with Crippen LogP contribution in [0.15, 0.2) is 24.3 Å². The lowest BCUT2D eigenvalue weighted by molar-refractivity contribution is 0.503. The van der Waals surface area contributed by atoms with Gasteiger partial charge in [0.2, 0.25) is 0 Å². The number of nitrogens with two attached hydrogens (primary N) is 1. The smallest absolute Gasteiger partial charge is 0.0314 e. The van der Waals surface area contributed by atoms with Gasteiger partial charge in [-0.3, -0.25) is 0 Å². The number of hydrogen-bond donors (Lipinski definition) is 1. The van der Waals surface area contributed by atoms with Crippen molar-refractivity contribution in [2.24, 2.45) is 5.92 Å². The van der Waals surface area contributed by atoms with E-state index >= 15 is 0 Å². The van der Waals surface area contributed by atoms with E-state index in [1.54, 1.807) is 0 Å². The molecule has 0 radical (unpaired) electrons. The molecule has 0 aliphatic heterocycles. The molecule has 1 aromatic carbocycles. The van der Waals surface area contributed by atoms with Gasteiger partial charge in [0.25, 0.3) is 0 Å². The van der Waals surface area contributed by atoms with Gasteiger partial charge in [-0.2, -0.15) is 0 Å². The molecule has 78 valence electrons. The average Bonchev–Trinajstić information content (AvgIpc) is 2.18. The summed E-state index contributed by atoms with van der Waals surface area (Å²) in [7, 11) is 0. The van der Waals surface area contributed by atoms with Gasteiger partial charge in [0.05, 0.1) is 0 Å². The molecule has 0 amide bonds. The molecule has 1 atom stereocenters. The van der Waals surface area contributed by atoms with Crippen LogP contribution < -0.4 is 5.73 Å². The Balaban J connectivity index is 2.39. The minimum atomic E-state index is 0.790. The van der Waals surface area contributed by atoms with Gasteiger partial charge in [0.1, 0.15) is 0 Å². The first kappa shape index (κ1) is 11.1. The third-order valence-corrected chi connectivity index (χ3v) is 2.61. The van der Waals surface area contributed by atoms with Crippen LogP contribution in [-0.2, 0) is 6.42 Å². The second kappa shape index (κ2) is 5.69. The van der Waals surface area contributed by atoms with Crippen LogP contribution in [0.25, 0.3) is 0 Å². The largest absolute Gasteiger partial charge is 0.399 e. The molecule has 1 rings (SSSR count). The van der Waals surface area contributed by atoms with Crippen LogP contribution in [0.3, 0.4) is 0 Å². The van der Waals surface area contributed by atoms with Gasteiger partial charge in [-0.1, -0.05) is 45.2 Å². The number of unbranched alkanes of at least 4 members (excludes halogenated alkanes) is 1. The maximum absolute atomic E-state index is 5.64. The average molecular weight is 191 g/mol. The third kappa shape index (κ3) is 3.82. The van der Waals surface area contributed by atoms with E-state index in [9.17, 15) is 0 Å². The van der Waals surface area contributed by atoms with Crippen molar-refractivity contribution in [3.05, 3.63) is 29.8 Å². The monoisotopic (exact) mass is 191 g/mol. The van der Waals surface area contributed by atoms with E-state index in [1.807, 2.05) is 12.1 Å². The highest BCUT2D eigenvalue weighted by Crippen LogP contribution is 2.15. The molecule has 0 heterocycles. The molecule has 1 heteroatoms. The molecule has 0 saturated heterocycles. The van der Waals surface area contributed by atoms with Crippen molar-refractivity contribution in [1.29, 1.82) is 0 Å². The Hall–Kier alpha value is -0.980. The topological polar surface area (TPSA) is 26.0 Å². The summed E-state index contributed by atoms with van der Waals surface area (Å²) in [4.78, 5) is 0. The van der Waals surface area contributed by atoms with E-state index in [-0.39, 0.29) is 0 Å². The van der Waals surface area contributed by atoms with E-state index in [4.69, 9.17) is 5.73 Å². The zero-order valence-corrected chi connectivity index (χ0v) is 9.29. The van der Waals surface area contributed by atoms with Gasteiger partial charge in [-0.15, -0.1) is 0 Å². The van der Waals surface area contributed by atoms with Crippen LogP contribution in [0, 0.1) is 5.92 Å². The fraction of sp³-hybridized carbons (Fsp3) is 0.538. The first-order valence-electron chi connectivity index (χ1n) is 5.56. The second-order valence-corrected chi connectivity index (χ2v) is 4.19. The molecule has 0 fully saturated rings. The highest BCUT2D eigenvalue weighted by atomic mass is 14.5. The molecule has 0 aliphatic carbocycles. The van der Waals surface area contributed by atoms with Crippen LogP contribution in [0.5, 0.6) is 0 Å². The van der Waals surface area contributed by atoms with Crippen LogP contribution in [0.1, 0.15) is 38.7 Å². The summed E-state index contributed by atoms with van der Waals surface area (Å²) in [5.74, 6) is 0.790. The fourth-order valence-electron chi connectivity index (χ4n) is 1.71. The second-order valence-electron chi connectivity index (χ2n) is 4.19. The summed E-state index contributed by atoms with van der Waals surface area (Å²) in [6.07, 6.45) is 5.16. The molecule has 0 bridgehead atoms. The SMILES string of the molecule is CCCC[C@H](C)Cc1ccc(N)cc1. The van der Waals surface area contributed by atoms with Gasteiger partial charge in [0.15, 0.2) is 0 Å². The van der Waals surface area contributed by atoms with Gasteiger partial charge < -0.3 is 5.73 Å². The molecule has 1 aromatic rings. The fourth-order valence-corrected chi connectivity index (χ4v) is 1.71. The molecular formula is C13H21N. The molecule has 0 aromatic heterocycles. The lowest BCUT2D eigenvalue weighted by Crippen LogP contribution is -1.99. The van der Waals surface area contributed by atoms with E-state index in [0.29, 0.717) is 0 Å². The minimum absolute atomic E-state index is 0.790. The summed E-state index contributed by atoms with van der Waals surface area (Å²) in [5, 5.41) is 0. The minimum Gasteiger partial charge on any atom is -0.399 e. The predicted molar refractivity (Wildman–Crippen MR) is 63.2 cm³/mol. The zero-order chi connectivity index (χ0) is 10.4. The van der Waals surface area contributed by atoms with E-state index in [2.05, 4.69) is 26.0 Å². The maximum Gasteiger partial charge on any atom is 0.0314 e. The number of benzene rings is 1. The Bertz CT molecular complexity index is 250. The van der Waals surface area contributed by atoms with Gasteiger partial charge in [-0.25, -0.2) is 0 Å². The summed E-state index contributed by atoms with van der Waals surface area (Å²) in [5.41, 5.74) is 7.90. The van der Waals surface area contributed by atoms with Crippen LogP contribution in [-0.4, -0.2) is 0 Å². The van der Waals surface area contributed by atoms with Crippen molar-refractivity contribution >= 4 is 5.69 Å². The third-order valence-electron chi connectivity index (χ3n) is 2.61. The summed E-state index contributed by atoms with van der Waals surface area (Å²) >= 11 is 0. The zero-order valence-electron chi connectivity index (χ0n) is 9.29. The summed E-state index contributed by atoms with van der Waals surface area (Å²) in [6, 6.07) is 8.25. The first-order valence-corrected chi connectivity index (χ1v) is 5.56. The van der Waals surface area contributed by atoms with Crippen LogP contribution >= 0.6 is 0 Å². The highest BCUT2D eigenvalue weighted by molar-refractivity contribution is 5.39. The number of nitrogen functional groups attached to an aromatic ring is 1. The Morgan fingerprint density at radius 1 is 1.21 bits per heavy atom. The van der Waals surface area contributed by atoms with Crippen molar-refractivity contribution in [2.75, 3.05) is 5.73 Å². The molecule has 14 heavy (non-hydrogen) atoms. The van der Waals surface area contributed by atoms with Gasteiger partial charge in [0, 0.05) is 5.69 Å². The van der Waals surface area contributed by atoms with E-state index in [0.717, 1.165) is 11.6 Å². The van der Waals surface area contributed by atoms with Crippen molar-refractivity contribution in [3.63, 3.8) is 0 Å². The lowest BCUT2D eigenvalue weighted by atomic mass is 9.96. The molecule has 0 unspecified atom stereocenters. The van der Waals surface area contributed by atoms with Crippen molar-refractivity contribution < 1.29 is 0 Å². The molecule has 0 saturated carbocycles. The first-order chi connectivity index (χ1) is 6.72. The predicted octanol–water partition coefficient (Wildman–Crippen LogP) is 3.64. The van der Waals surface area contributed by atoms with Gasteiger partial charge >= 0.3 is 0 Å². The molecule has 1 nitrogen and oxygen atoms in total. The Morgan fingerprint density at radius 2 is 1.86 bits per heavy atom. The van der Waals surface area contributed by atoms with Crippen molar-refractivity contribution in [2.45, 2.75) is 39.5 Å². The standard InChI is InChI=1S/C13H21N/c1-3-4-5-11(2)10-12-6-8-13(14)9-7-12/h6-9,11H,3-5,10,14H2,1-2H3/t11-/m0/s1. The number of rotatable bonds is 5. The normalized spacial score (nSPS) is 12.7. The maximum atomic E-state index is 5.64. The highest BCUT2D eigenvalue weighted by Gasteiger charge is 2.02.